The summed E-state index contributed by atoms with van der Waals surface area (Å²) < 4.78 is 5.84. The average Bonchev–Trinajstić information content (AvgIpc) is 3.26. The number of hydrogen-bond acceptors (Lipinski definition) is 4. The maximum atomic E-state index is 12.1. The third-order valence-electron chi connectivity index (χ3n) is 3.94. The Morgan fingerprint density at radius 3 is 2.78 bits per heavy atom. The van der Waals surface area contributed by atoms with Crippen molar-refractivity contribution in [3.63, 3.8) is 0 Å². The minimum atomic E-state index is -0.0264. The summed E-state index contributed by atoms with van der Waals surface area (Å²) in [6.07, 6.45) is 4.91. The van der Waals surface area contributed by atoms with Gasteiger partial charge in [0, 0.05) is 12.5 Å². The highest BCUT2D eigenvalue weighted by Crippen LogP contribution is 2.41. The van der Waals surface area contributed by atoms with Gasteiger partial charge in [-0.2, -0.15) is 0 Å². The van der Waals surface area contributed by atoms with Crippen molar-refractivity contribution in [2.45, 2.75) is 39.0 Å². The molecule has 0 aliphatic heterocycles. The zero-order valence-electron chi connectivity index (χ0n) is 13.6. The number of rotatable bonds is 7. The number of amides is 1. The van der Waals surface area contributed by atoms with Crippen LogP contribution in [-0.4, -0.2) is 24.0 Å². The molecule has 122 valence electrons. The van der Waals surface area contributed by atoms with Crippen molar-refractivity contribution >= 4 is 17.2 Å². The molecule has 1 aliphatic rings. The van der Waals surface area contributed by atoms with Gasteiger partial charge in [-0.05, 0) is 44.2 Å². The predicted molar refractivity (Wildman–Crippen MR) is 92.5 cm³/mol. The molecule has 1 heterocycles. The fourth-order valence-electron chi connectivity index (χ4n) is 2.47. The molecule has 0 unspecified atom stereocenters. The molecule has 1 aromatic heterocycles. The van der Waals surface area contributed by atoms with Crippen molar-refractivity contribution in [3.8, 4) is 5.75 Å². The van der Waals surface area contributed by atoms with Crippen LogP contribution in [0.2, 0.25) is 0 Å². The van der Waals surface area contributed by atoms with E-state index in [0.29, 0.717) is 23.9 Å². The van der Waals surface area contributed by atoms with Crippen LogP contribution in [0.5, 0.6) is 5.75 Å². The van der Waals surface area contributed by atoms with E-state index in [-0.39, 0.29) is 5.91 Å². The Balaban J connectivity index is 1.40. The molecule has 1 aromatic carbocycles. The predicted octanol–water partition coefficient (Wildman–Crippen LogP) is 3.84. The van der Waals surface area contributed by atoms with Crippen molar-refractivity contribution in [1.82, 2.24) is 10.3 Å². The van der Waals surface area contributed by atoms with E-state index in [4.69, 9.17) is 4.74 Å². The van der Waals surface area contributed by atoms with Gasteiger partial charge < -0.3 is 10.1 Å². The second kappa shape index (κ2) is 7.13. The van der Waals surface area contributed by atoms with Crippen LogP contribution in [0.3, 0.4) is 0 Å². The third-order valence-corrected chi connectivity index (χ3v) is 5.09. The number of thiazole rings is 1. The van der Waals surface area contributed by atoms with E-state index in [1.165, 1.54) is 24.2 Å². The van der Waals surface area contributed by atoms with Crippen molar-refractivity contribution in [2.24, 2.45) is 0 Å². The Morgan fingerprint density at radius 1 is 1.35 bits per heavy atom. The highest BCUT2D eigenvalue weighted by Gasteiger charge is 2.27. The van der Waals surface area contributed by atoms with Crippen molar-refractivity contribution < 1.29 is 9.53 Å². The van der Waals surface area contributed by atoms with Crippen LogP contribution in [0.15, 0.2) is 24.4 Å². The molecular weight excluding hydrogens is 308 g/mol. The van der Waals surface area contributed by atoms with Gasteiger partial charge in [-0.25, -0.2) is 4.98 Å². The topological polar surface area (TPSA) is 51.2 Å². The summed E-state index contributed by atoms with van der Waals surface area (Å²) in [5.41, 5.74) is 2.29. The first-order chi connectivity index (χ1) is 11.1. The molecule has 5 heteroatoms. The van der Waals surface area contributed by atoms with Gasteiger partial charge in [-0.3, -0.25) is 4.79 Å². The van der Waals surface area contributed by atoms with E-state index < -0.39 is 0 Å². The van der Waals surface area contributed by atoms with E-state index >= 15 is 0 Å². The van der Waals surface area contributed by atoms with Crippen molar-refractivity contribution in [1.29, 1.82) is 0 Å². The lowest BCUT2D eigenvalue weighted by Gasteiger charge is -2.11. The quantitative estimate of drug-likeness (QED) is 0.785. The molecule has 1 saturated carbocycles. The van der Waals surface area contributed by atoms with Gasteiger partial charge in [0.05, 0.1) is 17.8 Å². The highest BCUT2D eigenvalue weighted by molar-refractivity contribution is 7.13. The third kappa shape index (κ3) is 4.10. The Bertz CT molecular complexity index is 672. The fraction of sp³-hybridized carbons (Fsp3) is 0.444. The second-order valence-corrected chi connectivity index (χ2v) is 7.08. The van der Waals surface area contributed by atoms with Crippen molar-refractivity contribution in [2.75, 3.05) is 13.2 Å². The van der Waals surface area contributed by atoms with Crippen LogP contribution in [-0.2, 0) is 0 Å². The Labute approximate surface area is 140 Å². The molecule has 1 amide bonds. The van der Waals surface area contributed by atoms with E-state index in [2.05, 4.69) is 10.3 Å². The maximum absolute atomic E-state index is 12.1. The summed E-state index contributed by atoms with van der Waals surface area (Å²) in [6, 6.07) is 6.12. The molecule has 1 fully saturated rings. The monoisotopic (exact) mass is 330 g/mol. The molecule has 0 spiro atoms. The van der Waals surface area contributed by atoms with E-state index in [1.807, 2.05) is 32.0 Å². The highest BCUT2D eigenvalue weighted by atomic mass is 32.1. The molecular formula is C18H22N2O2S. The number of carbonyl (C=O) groups is 1. The molecule has 0 saturated heterocycles. The van der Waals surface area contributed by atoms with Gasteiger partial charge in [0.2, 0.25) is 0 Å². The maximum Gasteiger partial charge on any atom is 0.263 e. The van der Waals surface area contributed by atoms with E-state index in [0.717, 1.165) is 28.3 Å². The van der Waals surface area contributed by atoms with Crippen LogP contribution in [0.4, 0.5) is 0 Å². The van der Waals surface area contributed by atoms with Gasteiger partial charge in [-0.1, -0.05) is 18.2 Å². The zero-order valence-corrected chi connectivity index (χ0v) is 14.4. The Morgan fingerprint density at radius 2 is 2.09 bits per heavy atom. The summed E-state index contributed by atoms with van der Waals surface area (Å²) in [5.74, 6) is 1.53. The van der Waals surface area contributed by atoms with Crippen LogP contribution in [0, 0.1) is 13.8 Å². The molecule has 0 atom stereocenters. The second-order valence-electron chi connectivity index (χ2n) is 6.02. The van der Waals surface area contributed by atoms with E-state index in [9.17, 15) is 4.79 Å². The standard InChI is InChI=1S/C18H22N2O2S/c1-12-5-3-6-13(2)16(12)22-10-4-9-19-17(21)15-11-20-18(23-15)14-7-8-14/h3,5-6,11,14H,4,7-10H2,1-2H3,(H,19,21). The number of ether oxygens (including phenoxy) is 1. The minimum Gasteiger partial charge on any atom is -0.493 e. The number of aryl methyl sites for hydroxylation is 2. The summed E-state index contributed by atoms with van der Waals surface area (Å²) in [4.78, 5) is 17.1. The first-order valence-electron chi connectivity index (χ1n) is 8.08. The minimum absolute atomic E-state index is 0.0264. The van der Waals surface area contributed by atoms with Crippen LogP contribution < -0.4 is 10.1 Å². The SMILES string of the molecule is Cc1cccc(C)c1OCCCNC(=O)c1cnc(C2CC2)s1. The molecule has 2 aromatic rings. The molecule has 1 N–H and O–H groups in total. The molecule has 4 nitrogen and oxygen atoms in total. The number of nitrogens with one attached hydrogen (secondary N) is 1. The number of benzene rings is 1. The van der Waals surface area contributed by atoms with Crippen LogP contribution >= 0.6 is 11.3 Å². The first kappa shape index (κ1) is 16.0. The van der Waals surface area contributed by atoms with Gasteiger partial charge in [0.1, 0.15) is 10.6 Å². The van der Waals surface area contributed by atoms with Gasteiger partial charge in [0.15, 0.2) is 0 Å². The molecule has 23 heavy (non-hydrogen) atoms. The average molecular weight is 330 g/mol. The number of hydrogen-bond donors (Lipinski definition) is 1. The number of nitrogens with zero attached hydrogens (tertiary/aromatic N) is 1. The lowest BCUT2D eigenvalue weighted by Crippen LogP contribution is -2.24. The summed E-state index contributed by atoms with van der Waals surface area (Å²) in [6.45, 7) is 5.30. The van der Waals surface area contributed by atoms with Crippen LogP contribution in [0.1, 0.15) is 51.0 Å². The fourth-order valence-corrected chi connectivity index (χ4v) is 3.48. The first-order valence-corrected chi connectivity index (χ1v) is 8.89. The van der Waals surface area contributed by atoms with Gasteiger partial charge >= 0.3 is 0 Å². The molecule has 3 rings (SSSR count). The Kier molecular flexibility index (Phi) is 4.96. The van der Waals surface area contributed by atoms with Gasteiger partial charge in [-0.15, -0.1) is 11.3 Å². The number of carbonyl (C=O) groups excluding carboxylic acids is 1. The summed E-state index contributed by atoms with van der Waals surface area (Å²) in [7, 11) is 0. The largest absolute Gasteiger partial charge is 0.493 e. The lowest BCUT2D eigenvalue weighted by atomic mass is 10.1. The number of para-hydroxylation sites is 1. The van der Waals surface area contributed by atoms with Crippen LogP contribution in [0.25, 0.3) is 0 Å². The van der Waals surface area contributed by atoms with E-state index in [1.54, 1.807) is 6.20 Å². The normalized spacial score (nSPS) is 13.8. The summed E-state index contributed by atoms with van der Waals surface area (Å²) >= 11 is 1.52. The molecule has 1 aliphatic carbocycles. The van der Waals surface area contributed by atoms with Crippen molar-refractivity contribution in [3.05, 3.63) is 45.4 Å². The molecule has 0 bridgehead atoms. The number of aromatic nitrogens is 1. The Hall–Kier alpha value is -1.88. The van der Waals surface area contributed by atoms with Gasteiger partial charge in [0.25, 0.3) is 5.91 Å². The summed E-state index contributed by atoms with van der Waals surface area (Å²) in [5, 5.41) is 4.04. The smallest absolute Gasteiger partial charge is 0.263 e. The zero-order chi connectivity index (χ0) is 16.2. The lowest BCUT2D eigenvalue weighted by molar-refractivity contribution is 0.0955. The molecule has 0 radical (unpaired) electrons.